The third kappa shape index (κ3) is 2.86. The highest BCUT2D eigenvalue weighted by Crippen LogP contribution is 2.21. The molecule has 5 heteroatoms. The summed E-state index contributed by atoms with van der Waals surface area (Å²) >= 11 is 0. The van der Waals surface area contributed by atoms with E-state index >= 15 is 0 Å². The van der Waals surface area contributed by atoms with Crippen molar-refractivity contribution in [2.45, 2.75) is 43.2 Å². The molecular weight excluding hydrogens is 238 g/mol. The van der Waals surface area contributed by atoms with Crippen LogP contribution < -0.4 is 4.72 Å². The molecule has 1 aliphatic rings. The molecule has 2 N–H and O–H groups in total. The molecule has 0 heterocycles. The number of hydrogen-bond donors (Lipinski definition) is 2. The fraction of sp³-hybridized carbons (Fsp3) is 0.500. The molecule has 0 bridgehead atoms. The molecule has 1 aromatic carbocycles. The lowest BCUT2D eigenvalue weighted by Crippen LogP contribution is -2.39. The lowest BCUT2D eigenvalue weighted by molar-refractivity contribution is 0.159. The Balaban J connectivity index is 2.16. The van der Waals surface area contributed by atoms with E-state index in [2.05, 4.69) is 4.72 Å². The molecule has 0 aromatic heterocycles. The summed E-state index contributed by atoms with van der Waals surface area (Å²) in [5, 5.41) is 9.62. The second-order valence-electron chi connectivity index (χ2n) is 4.54. The summed E-state index contributed by atoms with van der Waals surface area (Å²) in [5.74, 6) is 0. The lowest BCUT2D eigenvalue weighted by atomic mass is 10.2. The highest BCUT2D eigenvalue weighted by atomic mass is 32.2. The number of aliphatic hydroxyl groups excluding tert-OH is 1. The fourth-order valence-corrected chi connectivity index (χ4v) is 3.37. The van der Waals surface area contributed by atoms with Gasteiger partial charge in [0.25, 0.3) is 0 Å². The van der Waals surface area contributed by atoms with Gasteiger partial charge in [0.1, 0.15) is 0 Å². The van der Waals surface area contributed by atoms with E-state index in [4.69, 9.17) is 0 Å². The second-order valence-corrected chi connectivity index (χ2v) is 6.25. The highest BCUT2D eigenvalue weighted by Gasteiger charge is 2.29. The lowest BCUT2D eigenvalue weighted by Gasteiger charge is -2.16. The van der Waals surface area contributed by atoms with E-state index in [1.165, 1.54) is 0 Å². The van der Waals surface area contributed by atoms with Crippen LogP contribution in [0.15, 0.2) is 29.2 Å². The average Bonchev–Trinajstić information content (AvgIpc) is 2.64. The van der Waals surface area contributed by atoms with Crippen LogP contribution in [-0.4, -0.2) is 25.7 Å². The van der Waals surface area contributed by atoms with Crippen molar-refractivity contribution in [3.8, 4) is 0 Å². The summed E-state index contributed by atoms with van der Waals surface area (Å²) in [6.45, 7) is 1.91. The minimum absolute atomic E-state index is 0.252. The van der Waals surface area contributed by atoms with Crippen molar-refractivity contribution in [1.82, 2.24) is 4.72 Å². The highest BCUT2D eigenvalue weighted by molar-refractivity contribution is 7.89. The van der Waals surface area contributed by atoms with Crippen LogP contribution in [0, 0.1) is 6.92 Å². The summed E-state index contributed by atoms with van der Waals surface area (Å²) < 4.78 is 26.6. The molecule has 94 valence electrons. The predicted molar refractivity (Wildman–Crippen MR) is 65.1 cm³/mol. The largest absolute Gasteiger partial charge is 0.391 e. The first-order chi connectivity index (χ1) is 7.99. The number of benzene rings is 1. The molecule has 1 fully saturated rings. The number of rotatable bonds is 3. The number of hydrogen-bond acceptors (Lipinski definition) is 3. The molecule has 0 unspecified atom stereocenters. The monoisotopic (exact) mass is 255 g/mol. The Morgan fingerprint density at radius 3 is 2.41 bits per heavy atom. The van der Waals surface area contributed by atoms with Crippen molar-refractivity contribution < 1.29 is 13.5 Å². The van der Waals surface area contributed by atoms with E-state index in [1.54, 1.807) is 24.3 Å². The van der Waals surface area contributed by atoms with E-state index in [0.29, 0.717) is 12.8 Å². The Bertz CT molecular complexity index is 481. The zero-order valence-electron chi connectivity index (χ0n) is 9.76. The first-order valence-electron chi connectivity index (χ1n) is 5.76. The summed E-state index contributed by atoms with van der Waals surface area (Å²) in [5.41, 5.74) is 1.02. The minimum Gasteiger partial charge on any atom is -0.391 e. The van der Waals surface area contributed by atoms with Gasteiger partial charge in [0.05, 0.1) is 11.0 Å². The number of sulfonamides is 1. The summed E-state index contributed by atoms with van der Waals surface area (Å²) in [4.78, 5) is 0.252. The van der Waals surface area contributed by atoms with Crippen molar-refractivity contribution in [3.05, 3.63) is 29.8 Å². The van der Waals surface area contributed by atoms with Gasteiger partial charge in [-0.2, -0.15) is 0 Å². The van der Waals surface area contributed by atoms with Crippen LogP contribution in [0.25, 0.3) is 0 Å². The summed E-state index contributed by atoms with van der Waals surface area (Å²) in [7, 11) is -3.50. The van der Waals surface area contributed by atoms with Gasteiger partial charge in [0.2, 0.25) is 10.0 Å². The van der Waals surface area contributed by atoms with Crippen LogP contribution in [-0.2, 0) is 10.0 Å². The molecule has 0 saturated heterocycles. The van der Waals surface area contributed by atoms with Crippen molar-refractivity contribution in [1.29, 1.82) is 0 Å². The van der Waals surface area contributed by atoms with Gasteiger partial charge < -0.3 is 5.11 Å². The van der Waals surface area contributed by atoms with E-state index < -0.39 is 16.1 Å². The van der Waals surface area contributed by atoms with Crippen LogP contribution in [0.2, 0.25) is 0 Å². The van der Waals surface area contributed by atoms with Gasteiger partial charge >= 0.3 is 0 Å². The molecule has 0 spiro atoms. The third-order valence-electron chi connectivity index (χ3n) is 3.12. The average molecular weight is 255 g/mol. The van der Waals surface area contributed by atoms with Crippen LogP contribution in [0.5, 0.6) is 0 Å². The molecule has 2 rings (SSSR count). The maximum atomic E-state index is 12.0. The molecule has 0 radical (unpaired) electrons. The van der Waals surface area contributed by atoms with Crippen molar-refractivity contribution in [2.75, 3.05) is 0 Å². The fourth-order valence-electron chi connectivity index (χ4n) is 2.06. The molecule has 17 heavy (non-hydrogen) atoms. The summed E-state index contributed by atoms with van der Waals surface area (Å²) in [6.07, 6.45) is 1.67. The van der Waals surface area contributed by atoms with Gasteiger partial charge in [0.15, 0.2) is 0 Å². The Kier molecular flexibility index (Phi) is 3.51. The van der Waals surface area contributed by atoms with Gasteiger partial charge in [-0.25, -0.2) is 13.1 Å². The topological polar surface area (TPSA) is 66.4 Å². The number of nitrogens with one attached hydrogen (secondary N) is 1. The Hall–Kier alpha value is -0.910. The quantitative estimate of drug-likeness (QED) is 0.852. The van der Waals surface area contributed by atoms with Gasteiger partial charge in [-0.1, -0.05) is 17.7 Å². The van der Waals surface area contributed by atoms with Gasteiger partial charge in [-0.3, -0.25) is 0 Å². The van der Waals surface area contributed by atoms with Crippen molar-refractivity contribution >= 4 is 10.0 Å². The molecule has 1 saturated carbocycles. The van der Waals surface area contributed by atoms with E-state index in [-0.39, 0.29) is 10.9 Å². The molecule has 1 aliphatic carbocycles. The van der Waals surface area contributed by atoms with Crippen molar-refractivity contribution in [3.63, 3.8) is 0 Å². The van der Waals surface area contributed by atoms with E-state index in [0.717, 1.165) is 12.0 Å². The maximum absolute atomic E-state index is 12.0. The standard InChI is InChI=1S/C12H17NO3S/c1-9-5-7-10(8-6-9)17(15,16)13-11-3-2-4-12(11)14/h5-8,11-14H,2-4H2,1H3/t11-,12+/m0/s1. The van der Waals surface area contributed by atoms with Gasteiger partial charge in [-0.15, -0.1) is 0 Å². The van der Waals surface area contributed by atoms with Crippen LogP contribution in [0.4, 0.5) is 0 Å². The first-order valence-corrected chi connectivity index (χ1v) is 7.24. The van der Waals surface area contributed by atoms with Gasteiger partial charge in [0, 0.05) is 6.04 Å². The molecular formula is C12H17NO3S. The van der Waals surface area contributed by atoms with Gasteiger partial charge in [-0.05, 0) is 38.3 Å². The summed E-state index contributed by atoms with van der Waals surface area (Å²) in [6, 6.07) is 6.35. The molecule has 1 aromatic rings. The first kappa shape index (κ1) is 12.5. The zero-order chi connectivity index (χ0) is 12.5. The SMILES string of the molecule is Cc1ccc(S(=O)(=O)N[C@H]2CCC[C@H]2O)cc1. The maximum Gasteiger partial charge on any atom is 0.240 e. The molecule has 0 aliphatic heterocycles. The van der Waals surface area contributed by atoms with E-state index in [9.17, 15) is 13.5 Å². The normalized spacial score (nSPS) is 25.1. The van der Waals surface area contributed by atoms with Crippen LogP contribution in [0.3, 0.4) is 0 Å². The molecule has 2 atom stereocenters. The zero-order valence-corrected chi connectivity index (χ0v) is 10.6. The number of aliphatic hydroxyl groups is 1. The minimum atomic E-state index is -3.50. The van der Waals surface area contributed by atoms with E-state index in [1.807, 2.05) is 6.92 Å². The third-order valence-corrected chi connectivity index (χ3v) is 4.62. The Morgan fingerprint density at radius 1 is 1.24 bits per heavy atom. The van der Waals surface area contributed by atoms with Crippen LogP contribution in [0.1, 0.15) is 24.8 Å². The van der Waals surface area contributed by atoms with Crippen molar-refractivity contribution in [2.24, 2.45) is 0 Å². The molecule has 4 nitrogen and oxygen atoms in total. The number of aryl methyl sites for hydroxylation is 1. The smallest absolute Gasteiger partial charge is 0.240 e. The molecule has 0 amide bonds. The second kappa shape index (κ2) is 4.76. The Morgan fingerprint density at radius 2 is 1.88 bits per heavy atom. The Labute approximate surface area is 102 Å². The predicted octanol–water partition coefficient (Wildman–Crippen LogP) is 1.19. The van der Waals surface area contributed by atoms with Crippen LogP contribution >= 0.6 is 0 Å².